The molecule has 0 spiro atoms. The van der Waals surface area contributed by atoms with E-state index >= 15 is 0 Å². The number of carbonyl (C=O) groups is 1. The fraction of sp³-hybridized carbons (Fsp3) is 0.160. The highest BCUT2D eigenvalue weighted by Gasteiger charge is 2.25. The Bertz CT molecular complexity index is 1390. The highest BCUT2D eigenvalue weighted by Crippen LogP contribution is 2.29. The van der Waals surface area contributed by atoms with Gasteiger partial charge in [0.1, 0.15) is 17.5 Å². The van der Waals surface area contributed by atoms with Gasteiger partial charge in [0.15, 0.2) is 11.5 Å². The summed E-state index contributed by atoms with van der Waals surface area (Å²) in [6, 6.07) is 16.5. The quantitative estimate of drug-likeness (QED) is 0.262. The first-order chi connectivity index (χ1) is 15.9. The van der Waals surface area contributed by atoms with Crippen molar-refractivity contribution in [2.75, 3.05) is 0 Å². The minimum Gasteiger partial charge on any atom is -0.417 e. The molecule has 8 heteroatoms. The molecule has 0 aliphatic rings. The largest absolute Gasteiger partial charge is 0.417 e. The Morgan fingerprint density at radius 1 is 1.00 bits per heavy atom. The van der Waals surface area contributed by atoms with Gasteiger partial charge in [-0.1, -0.05) is 23.8 Å². The maximum Gasteiger partial charge on any atom is 0.343 e. The van der Waals surface area contributed by atoms with E-state index in [1.54, 1.807) is 42.3 Å². The smallest absolute Gasteiger partial charge is 0.343 e. The predicted molar refractivity (Wildman–Crippen MR) is 123 cm³/mol. The van der Waals surface area contributed by atoms with Crippen LogP contribution in [0.1, 0.15) is 32.9 Å². The molecule has 1 aromatic carbocycles. The molecule has 0 atom stereocenters. The van der Waals surface area contributed by atoms with Crippen molar-refractivity contribution in [1.29, 1.82) is 5.26 Å². The van der Waals surface area contributed by atoms with Crippen LogP contribution in [0.2, 0.25) is 0 Å². The average Bonchev–Trinajstić information content (AvgIpc) is 3.39. The highest BCUT2D eigenvalue weighted by molar-refractivity contribution is 5.97. The van der Waals surface area contributed by atoms with Crippen LogP contribution in [0.25, 0.3) is 22.8 Å². The van der Waals surface area contributed by atoms with E-state index in [1.807, 2.05) is 51.1 Å². The van der Waals surface area contributed by atoms with Crippen molar-refractivity contribution in [3.05, 3.63) is 89.0 Å². The average molecular weight is 438 g/mol. The Balaban J connectivity index is 1.85. The zero-order valence-corrected chi connectivity index (χ0v) is 18.8. The van der Waals surface area contributed by atoms with E-state index in [2.05, 4.69) is 21.3 Å². The number of aryl methyl sites for hydroxylation is 3. The van der Waals surface area contributed by atoms with Gasteiger partial charge in [0.2, 0.25) is 0 Å². The van der Waals surface area contributed by atoms with Crippen molar-refractivity contribution in [3.8, 4) is 17.5 Å². The molecule has 0 aliphatic heterocycles. The molecule has 4 aromatic rings. The van der Waals surface area contributed by atoms with Crippen LogP contribution in [0.15, 0.2) is 60.9 Å². The van der Waals surface area contributed by atoms with Gasteiger partial charge in [-0.3, -0.25) is 9.67 Å². The fourth-order valence-corrected chi connectivity index (χ4v) is 3.44. The van der Waals surface area contributed by atoms with E-state index in [-0.39, 0.29) is 11.5 Å². The first-order valence-electron chi connectivity index (χ1n) is 10.3. The number of carbonyl (C=O) groups excluding carboxylic acids is 1. The summed E-state index contributed by atoms with van der Waals surface area (Å²) in [7, 11) is 1.74. The monoisotopic (exact) mass is 438 g/mol. The Kier molecular flexibility index (Phi) is 5.87. The van der Waals surface area contributed by atoms with Crippen LogP contribution < -0.4 is 0 Å². The van der Waals surface area contributed by atoms with Crippen molar-refractivity contribution in [3.63, 3.8) is 0 Å². The van der Waals surface area contributed by atoms with Gasteiger partial charge in [-0.25, -0.2) is 9.48 Å². The second kappa shape index (κ2) is 8.93. The summed E-state index contributed by atoms with van der Waals surface area (Å²) in [5, 5.41) is 19.0. The molecule has 4 rings (SSSR count). The van der Waals surface area contributed by atoms with Crippen molar-refractivity contribution in [2.45, 2.75) is 20.8 Å². The Hall–Kier alpha value is -4.51. The molecule has 0 radical (unpaired) electrons. The van der Waals surface area contributed by atoms with E-state index in [9.17, 15) is 10.1 Å². The molecule has 8 nitrogen and oxygen atoms in total. The van der Waals surface area contributed by atoms with Gasteiger partial charge < -0.3 is 4.74 Å². The first kappa shape index (κ1) is 21.7. The van der Waals surface area contributed by atoms with Crippen LogP contribution in [0, 0.1) is 32.1 Å². The van der Waals surface area contributed by atoms with Crippen molar-refractivity contribution < 1.29 is 9.53 Å². The fourth-order valence-electron chi connectivity index (χ4n) is 3.44. The molecule has 0 bridgehead atoms. The van der Waals surface area contributed by atoms with E-state index < -0.39 is 5.97 Å². The van der Waals surface area contributed by atoms with Crippen molar-refractivity contribution >= 4 is 17.4 Å². The number of rotatable bonds is 5. The molecule has 0 saturated heterocycles. The number of esters is 1. The number of hydrogen-bond acceptors (Lipinski definition) is 6. The van der Waals surface area contributed by atoms with Gasteiger partial charge in [-0.2, -0.15) is 15.5 Å². The maximum atomic E-state index is 13.0. The molecule has 164 valence electrons. The van der Waals surface area contributed by atoms with E-state index in [0.29, 0.717) is 22.6 Å². The van der Waals surface area contributed by atoms with Gasteiger partial charge in [0.25, 0.3) is 0 Å². The number of nitriles is 1. The zero-order chi connectivity index (χ0) is 23.5. The summed E-state index contributed by atoms with van der Waals surface area (Å²) >= 11 is 0. The number of benzene rings is 1. The molecule has 0 saturated carbocycles. The molecular weight excluding hydrogens is 416 g/mol. The van der Waals surface area contributed by atoms with Crippen LogP contribution in [0.5, 0.6) is 0 Å². The van der Waals surface area contributed by atoms with Gasteiger partial charge in [0, 0.05) is 25.0 Å². The third kappa shape index (κ3) is 4.29. The molecule has 0 amide bonds. The Labute approximate surface area is 191 Å². The Morgan fingerprint density at radius 2 is 1.76 bits per heavy atom. The van der Waals surface area contributed by atoms with Crippen LogP contribution in [0.3, 0.4) is 0 Å². The third-order valence-electron chi connectivity index (χ3n) is 5.29. The van der Waals surface area contributed by atoms with E-state index in [1.165, 1.54) is 4.68 Å². The zero-order valence-electron chi connectivity index (χ0n) is 18.8. The van der Waals surface area contributed by atoms with E-state index in [4.69, 9.17) is 4.74 Å². The standard InChI is InChI=1S/C25H22N6O2/c1-16-8-10-19(11-9-16)25(32)33-24(23-17(2)18(3)28-30(23)4)22(15-26)31-14-12-21(29-31)20-7-5-6-13-27-20/h5-14H,1-4H3. The lowest BCUT2D eigenvalue weighted by atomic mass is 10.1. The van der Waals surface area contributed by atoms with E-state index in [0.717, 1.165) is 16.8 Å². The van der Waals surface area contributed by atoms with Gasteiger partial charge >= 0.3 is 5.97 Å². The maximum absolute atomic E-state index is 13.0. The molecule has 0 fully saturated rings. The number of nitrogens with zero attached hydrogens (tertiary/aromatic N) is 6. The summed E-state index contributed by atoms with van der Waals surface area (Å²) in [6.07, 6.45) is 3.31. The lowest BCUT2D eigenvalue weighted by Gasteiger charge is -2.13. The van der Waals surface area contributed by atoms with Crippen molar-refractivity contribution in [2.24, 2.45) is 7.05 Å². The number of hydrogen-bond donors (Lipinski definition) is 0. The molecule has 0 unspecified atom stereocenters. The van der Waals surface area contributed by atoms with Crippen LogP contribution in [-0.2, 0) is 11.8 Å². The van der Waals surface area contributed by atoms with Crippen LogP contribution in [-0.4, -0.2) is 30.5 Å². The number of aromatic nitrogens is 5. The minimum atomic E-state index is -0.576. The summed E-state index contributed by atoms with van der Waals surface area (Å²) in [4.78, 5) is 17.3. The molecular formula is C25H22N6O2. The summed E-state index contributed by atoms with van der Waals surface area (Å²) in [6.45, 7) is 5.67. The first-order valence-corrected chi connectivity index (χ1v) is 10.3. The molecule has 0 N–H and O–H groups in total. The Morgan fingerprint density at radius 3 is 2.36 bits per heavy atom. The normalized spacial score (nSPS) is 11.6. The number of ether oxygens (including phenoxy) is 1. The number of allylic oxidation sites excluding steroid dienone is 1. The second-order valence-electron chi connectivity index (χ2n) is 7.59. The highest BCUT2D eigenvalue weighted by atomic mass is 16.5. The van der Waals surface area contributed by atoms with Crippen LogP contribution in [0.4, 0.5) is 0 Å². The SMILES string of the molecule is Cc1ccc(C(=O)OC(=C(C#N)n2ccc(-c3ccccn3)n2)c2c(C)c(C)nn2C)cc1. The second-order valence-corrected chi connectivity index (χ2v) is 7.59. The lowest BCUT2D eigenvalue weighted by Crippen LogP contribution is -2.12. The van der Waals surface area contributed by atoms with Gasteiger partial charge in [-0.15, -0.1) is 0 Å². The minimum absolute atomic E-state index is 0.0590. The van der Waals surface area contributed by atoms with Gasteiger partial charge in [-0.05, 0) is 51.1 Å². The molecule has 0 aliphatic carbocycles. The lowest BCUT2D eigenvalue weighted by molar-refractivity contribution is 0.0691. The summed E-state index contributed by atoms with van der Waals surface area (Å²) in [5.74, 6) is -0.493. The summed E-state index contributed by atoms with van der Waals surface area (Å²) < 4.78 is 8.83. The summed E-state index contributed by atoms with van der Waals surface area (Å²) in [5.41, 5.74) is 4.81. The molecule has 3 heterocycles. The van der Waals surface area contributed by atoms with Gasteiger partial charge in [0.05, 0.1) is 17.0 Å². The predicted octanol–water partition coefficient (Wildman–Crippen LogP) is 4.31. The van der Waals surface area contributed by atoms with Crippen LogP contribution >= 0.6 is 0 Å². The molecule has 3 aromatic heterocycles. The third-order valence-corrected chi connectivity index (χ3v) is 5.29. The van der Waals surface area contributed by atoms with Crippen molar-refractivity contribution in [1.82, 2.24) is 24.5 Å². The number of pyridine rings is 1. The topological polar surface area (TPSA) is 98.6 Å². The molecule has 33 heavy (non-hydrogen) atoms.